The smallest absolute Gasteiger partial charge is 0.244 e. The van der Waals surface area contributed by atoms with Gasteiger partial charge in [-0.1, -0.05) is 19.9 Å². The van der Waals surface area contributed by atoms with Crippen LogP contribution in [0.3, 0.4) is 0 Å². The molecule has 140 valence electrons. The van der Waals surface area contributed by atoms with Crippen molar-refractivity contribution in [2.75, 3.05) is 0 Å². The summed E-state index contributed by atoms with van der Waals surface area (Å²) in [4.78, 5) is 16.7. The van der Waals surface area contributed by atoms with Gasteiger partial charge in [-0.05, 0) is 65.5 Å². The Morgan fingerprint density at radius 3 is 2.70 bits per heavy atom. The first-order valence-electron chi connectivity index (χ1n) is 9.36. The van der Waals surface area contributed by atoms with E-state index in [1.807, 2.05) is 36.0 Å². The molecule has 0 aromatic carbocycles. The van der Waals surface area contributed by atoms with Crippen LogP contribution in [-0.4, -0.2) is 31.1 Å². The highest BCUT2D eigenvalue weighted by Gasteiger charge is 2.50. The van der Waals surface area contributed by atoms with Gasteiger partial charge in [-0.2, -0.15) is 0 Å². The lowest BCUT2D eigenvalue weighted by Gasteiger charge is -2.36. The Kier molecular flexibility index (Phi) is 4.17. The Bertz CT molecular complexity index is 936. The molecule has 27 heavy (non-hydrogen) atoms. The number of carbonyl (C=O) groups excluding carboxylic acids is 1. The Balaban J connectivity index is 1.90. The molecule has 7 nitrogen and oxygen atoms in total. The Morgan fingerprint density at radius 2 is 2.11 bits per heavy atom. The molecule has 0 aliphatic heterocycles. The van der Waals surface area contributed by atoms with Gasteiger partial charge in [0.2, 0.25) is 5.91 Å². The first-order valence-corrected chi connectivity index (χ1v) is 9.36. The van der Waals surface area contributed by atoms with Crippen molar-refractivity contribution < 1.29 is 4.79 Å². The number of nitrogens with zero attached hydrogens (tertiary/aromatic N) is 5. The van der Waals surface area contributed by atoms with Gasteiger partial charge in [0, 0.05) is 24.1 Å². The lowest BCUT2D eigenvalue weighted by atomic mass is 9.78. The molecule has 2 aromatic rings. The Labute approximate surface area is 158 Å². The number of tetrazole rings is 1. The molecule has 0 bridgehead atoms. The third-order valence-corrected chi connectivity index (χ3v) is 5.42. The summed E-state index contributed by atoms with van der Waals surface area (Å²) in [6.07, 6.45) is 8.55. The SMILES string of the molecule is Cc1ccc(C2=CC(C3CC3)(n3nnnc3C(C)C)CC(C(N)=O)=C2)nc1. The minimum absolute atomic E-state index is 0.174. The summed E-state index contributed by atoms with van der Waals surface area (Å²) in [7, 11) is 0. The summed E-state index contributed by atoms with van der Waals surface area (Å²) in [5.74, 6) is 0.965. The van der Waals surface area contributed by atoms with Gasteiger partial charge in [0.05, 0.1) is 11.2 Å². The molecule has 4 rings (SSSR count). The van der Waals surface area contributed by atoms with E-state index in [0.29, 0.717) is 17.9 Å². The Morgan fingerprint density at radius 1 is 1.33 bits per heavy atom. The van der Waals surface area contributed by atoms with Crippen molar-refractivity contribution >= 4 is 11.5 Å². The zero-order valence-corrected chi connectivity index (χ0v) is 15.9. The molecule has 1 atom stereocenters. The van der Waals surface area contributed by atoms with Crippen molar-refractivity contribution in [1.82, 2.24) is 25.2 Å². The molecule has 0 radical (unpaired) electrons. The number of rotatable bonds is 5. The van der Waals surface area contributed by atoms with Gasteiger partial charge >= 0.3 is 0 Å². The van der Waals surface area contributed by atoms with E-state index >= 15 is 0 Å². The summed E-state index contributed by atoms with van der Waals surface area (Å²) in [5.41, 5.74) is 8.62. The second kappa shape index (κ2) is 6.40. The van der Waals surface area contributed by atoms with E-state index in [1.54, 1.807) is 0 Å². The van der Waals surface area contributed by atoms with Crippen LogP contribution >= 0.6 is 0 Å². The molecule has 0 saturated heterocycles. The van der Waals surface area contributed by atoms with Crippen LogP contribution in [0, 0.1) is 12.8 Å². The zero-order chi connectivity index (χ0) is 19.2. The maximum Gasteiger partial charge on any atom is 0.244 e. The quantitative estimate of drug-likeness (QED) is 0.879. The number of pyridine rings is 1. The number of hydrogen-bond donors (Lipinski definition) is 1. The predicted octanol–water partition coefficient (Wildman–Crippen LogP) is 2.50. The maximum absolute atomic E-state index is 12.1. The molecule has 2 aliphatic rings. The highest BCUT2D eigenvalue weighted by Crippen LogP contribution is 2.52. The number of hydrogen-bond acceptors (Lipinski definition) is 5. The van der Waals surface area contributed by atoms with Crippen molar-refractivity contribution in [3.63, 3.8) is 0 Å². The molecule has 7 heteroatoms. The van der Waals surface area contributed by atoms with E-state index in [0.717, 1.165) is 35.5 Å². The van der Waals surface area contributed by atoms with Crippen molar-refractivity contribution in [2.45, 2.75) is 51.5 Å². The first-order chi connectivity index (χ1) is 12.9. The molecule has 1 saturated carbocycles. The van der Waals surface area contributed by atoms with Gasteiger partial charge in [0.1, 0.15) is 0 Å². The zero-order valence-electron chi connectivity index (χ0n) is 15.9. The first kappa shape index (κ1) is 17.6. The van der Waals surface area contributed by atoms with E-state index in [-0.39, 0.29) is 5.92 Å². The molecule has 1 fully saturated rings. The molecule has 2 heterocycles. The lowest BCUT2D eigenvalue weighted by molar-refractivity contribution is -0.114. The van der Waals surface area contributed by atoms with Gasteiger partial charge in [0.15, 0.2) is 5.82 Å². The fraction of sp³-hybridized carbons (Fsp3) is 0.450. The second-order valence-corrected chi connectivity index (χ2v) is 7.90. The molecule has 2 N–H and O–H groups in total. The van der Waals surface area contributed by atoms with Gasteiger partial charge in [-0.25, -0.2) is 4.68 Å². The largest absolute Gasteiger partial charge is 0.366 e. The summed E-state index contributed by atoms with van der Waals surface area (Å²) in [6, 6.07) is 3.99. The highest BCUT2D eigenvalue weighted by molar-refractivity contribution is 5.96. The number of carbonyl (C=O) groups is 1. The minimum Gasteiger partial charge on any atom is -0.366 e. The summed E-state index contributed by atoms with van der Waals surface area (Å²) in [5, 5.41) is 12.5. The fourth-order valence-corrected chi connectivity index (χ4v) is 3.86. The number of amides is 1. The standard InChI is InChI=1S/C20H24N6O/c1-12(2)19-23-24-25-26(19)20(16-5-6-16)9-14(8-15(10-20)18(21)27)17-7-4-13(3)11-22-17/h4,7-9,11-12,16H,5-6,10H2,1-3H3,(H2,21,27). The maximum atomic E-state index is 12.1. The molecular weight excluding hydrogens is 340 g/mol. The summed E-state index contributed by atoms with van der Waals surface area (Å²) >= 11 is 0. The van der Waals surface area contributed by atoms with Crippen LogP contribution in [0.15, 0.2) is 36.1 Å². The van der Waals surface area contributed by atoms with E-state index < -0.39 is 11.4 Å². The average molecular weight is 364 g/mol. The third kappa shape index (κ3) is 3.07. The van der Waals surface area contributed by atoms with Gasteiger partial charge in [-0.3, -0.25) is 9.78 Å². The highest BCUT2D eigenvalue weighted by atomic mass is 16.1. The number of aryl methyl sites for hydroxylation is 1. The Hall–Kier alpha value is -2.83. The number of allylic oxidation sites excluding steroid dienone is 3. The molecule has 2 aromatic heterocycles. The number of primary amides is 1. The van der Waals surface area contributed by atoms with Crippen molar-refractivity contribution in [3.05, 3.63) is 53.1 Å². The predicted molar refractivity (Wildman–Crippen MR) is 101 cm³/mol. The van der Waals surface area contributed by atoms with E-state index in [4.69, 9.17) is 5.73 Å². The fourth-order valence-electron chi connectivity index (χ4n) is 3.86. The summed E-state index contributed by atoms with van der Waals surface area (Å²) < 4.78 is 1.92. The normalized spacial score (nSPS) is 22.5. The van der Waals surface area contributed by atoms with Crippen LogP contribution in [0.2, 0.25) is 0 Å². The van der Waals surface area contributed by atoms with Gasteiger partial charge in [-0.15, -0.1) is 5.10 Å². The molecule has 1 amide bonds. The van der Waals surface area contributed by atoms with Crippen LogP contribution in [0.1, 0.15) is 56.1 Å². The number of aromatic nitrogens is 5. The van der Waals surface area contributed by atoms with E-state index in [2.05, 4.69) is 40.4 Å². The molecule has 2 aliphatic carbocycles. The van der Waals surface area contributed by atoms with Crippen LogP contribution in [0.25, 0.3) is 5.57 Å². The average Bonchev–Trinajstić information content (AvgIpc) is 3.38. The van der Waals surface area contributed by atoms with Crippen molar-refractivity contribution in [3.8, 4) is 0 Å². The van der Waals surface area contributed by atoms with Crippen LogP contribution < -0.4 is 5.73 Å². The minimum atomic E-state index is -0.482. The molecule has 0 spiro atoms. The van der Waals surface area contributed by atoms with Gasteiger partial charge < -0.3 is 5.73 Å². The number of nitrogens with two attached hydrogens (primary N) is 1. The third-order valence-electron chi connectivity index (χ3n) is 5.42. The topological polar surface area (TPSA) is 99.6 Å². The molecule has 1 unspecified atom stereocenters. The van der Waals surface area contributed by atoms with Crippen LogP contribution in [-0.2, 0) is 10.3 Å². The second-order valence-electron chi connectivity index (χ2n) is 7.90. The van der Waals surface area contributed by atoms with Gasteiger partial charge in [0.25, 0.3) is 0 Å². The monoisotopic (exact) mass is 364 g/mol. The van der Waals surface area contributed by atoms with Crippen molar-refractivity contribution in [2.24, 2.45) is 11.7 Å². The van der Waals surface area contributed by atoms with Crippen LogP contribution in [0.4, 0.5) is 0 Å². The summed E-state index contributed by atoms with van der Waals surface area (Å²) in [6.45, 7) is 6.15. The van der Waals surface area contributed by atoms with E-state index in [1.165, 1.54) is 0 Å². The van der Waals surface area contributed by atoms with Crippen LogP contribution in [0.5, 0.6) is 0 Å². The lowest BCUT2D eigenvalue weighted by Crippen LogP contribution is -2.40. The van der Waals surface area contributed by atoms with Crippen molar-refractivity contribution in [1.29, 1.82) is 0 Å². The van der Waals surface area contributed by atoms with E-state index in [9.17, 15) is 4.79 Å². The molecular formula is C20H24N6O.